The molecule has 0 spiro atoms. The summed E-state index contributed by atoms with van der Waals surface area (Å²) in [5.41, 5.74) is -1.79. The maximum absolute atomic E-state index is 13.7. The van der Waals surface area contributed by atoms with Crippen molar-refractivity contribution in [2.24, 2.45) is 11.8 Å². The molecule has 12 heteroatoms. The van der Waals surface area contributed by atoms with Crippen LogP contribution in [0.4, 0.5) is 18.9 Å². The van der Waals surface area contributed by atoms with Gasteiger partial charge in [-0.25, -0.2) is 21.6 Å². The number of aliphatic hydroxyl groups excluding tert-OH is 1. The van der Waals surface area contributed by atoms with E-state index in [9.17, 15) is 36.6 Å². The third-order valence-corrected chi connectivity index (χ3v) is 10.5. The Morgan fingerprint density at radius 2 is 1.72 bits per heavy atom. The molecule has 2 fully saturated rings. The zero-order valence-corrected chi connectivity index (χ0v) is 21.9. The van der Waals surface area contributed by atoms with Gasteiger partial charge in [-0.15, -0.1) is 0 Å². The number of aliphatic hydroxyl groups is 2. The first-order chi connectivity index (χ1) is 18.4. The van der Waals surface area contributed by atoms with Gasteiger partial charge in [-0.1, -0.05) is 11.6 Å². The molecule has 2 aliphatic carbocycles. The third kappa shape index (κ3) is 4.93. The Morgan fingerprint density at radius 3 is 2.36 bits per heavy atom. The van der Waals surface area contributed by atoms with Gasteiger partial charge in [0.2, 0.25) is 0 Å². The second-order valence-corrected chi connectivity index (χ2v) is 12.6. The highest BCUT2D eigenvalue weighted by Gasteiger charge is 2.59. The van der Waals surface area contributed by atoms with Crippen LogP contribution in [0, 0.1) is 29.3 Å². The number of aromatic nitrogens is 1. The summed E-state index contributed by atoms with van der Waals surface area (Å²) >= 11 is 6.26. The van der Waals surface area contributed by atoms with Gasteiger partial charge in [-0.2, -0.15) is 0 Å². The predicted octanol–water partition coefficient (Wildman–Crippen LogP) is 4.83. The fourth-order valence-electron chi connectivity index (χ4n) is 5.87. The van der Waals surface area contributed by atoms with E-state index in [-0.39, 0.29) is 39.7 Å². The number of carbonyl (C=O) groups is 1. The number of sulfone groups is 1. The maximum atomic E-state index is 13.7. The molecule has 5 rings (SSSR count). The SMILES string of the molecule is O=C(Nc1ccc(F)c(F)c1)c1ccc(Cl)c(S(=O)(=O)[C@@H]2CC3CC[C@@H](C2)[C@@]3(O)[C@H](O)c2cc(F)ccn2)c1. The van der Waals surface area contributed by atoms with Crippen molar-refractivity contribution in [2.45, 2.75) is 47.5 Å². The van der Waals surface area contributed by atoms with E-state index < -0.39 is 62.0 Å². The molecule has 2 saturated carbocycles. The van der Waals surface area contributed by atoms with Gasteiger partial charge in [0, 0.05) is 23.5 Å². The molecule has 0 aliphatic heterocycles. The van der Waals surface area contributed by atoms with Gasteiger partial charge in [0.15, 0.2) is 21.5 Å². The van der Waals surface area contributed by atoms with E-state index in [2.05, 4.69) is 10.3 Å². The first kappa shape index (κ1) is 27.6. The van der Waals surface area contributed by atoms with E-state index >= 15 is 0 Å². The Labute approximate surface area is 227 Å². The average Bonchev–Trinajstić information content (AvgIpc) is 3.05. The lowest BCUT2D eigenvalue weighted by Crippen LogP contribution is -2.52. The first-order valence-electron chi connectivity index (χ1n) is 12.2. The van der Waals surface area contributed by atoms with Crippen LogP contribution in [0.3, 0.4) is 0 Å². The Bertz CT molecular complexity index is 1540. The van der Waals surface area contributed by atoms with Crippen molar-refractivity contribution in [3.63, 3.8) is 0 Å². The van der Waals surface area contributed by atoms with Gasteiger partial charge >= 0.3 is 0 Å². The molecule has 1 heterocycles. The number of pyridine rings is 1. The second kappa shape index (κ2) is 10.2. The number of halogens is 4. The van der Waals surface area contributed by atoms with E-state index in [1.54, 1.807) is 0 Å². The minimum absolute atomic E-state index is 0.0172. The number of fused-ring (bicyclic) bond motifs is 2. The van der Waals surface area contributed by atoms with Crippen molar-refractivity contribution >= 4 is 33.0 Å². The lowest BCUT2D eigenvalue weighted by molar-refractivity contribution is -0.146. The van der Waals surface area contributed by atoms with Gasteiger partial charge in [-0.3, -0.25) is 9.78 Å². The lowest BCUT2D eigenvalue weighted by atomic mass is 9.70. The molecule has 7 nitrogen and oxygen atoms in total. The van der Waals surface area contributed by atoms with Crippen LogP contribution in [0.25, 0.3) is 0 Å². The maximum Gasteiger partial charge on any atom is 0.255 e. The molecule has 2 bridgehead atoms. The first-order valence-corrected chi connectivity index (χ1v) is 14.2. The van der Waals surface area contributed by atoms with E-state index in [4.69, 9.17) is 11.6 Å². The van der Waals surface area contributed by atoms with Crippen molar-refractivity contribution in [2.75, 3.05) is 5.32 Å². The van der Waals surface area contributed by atoms with Crippen LogP contribution in [0.1, 0.15) is 47.8 Å². The summed E-state index contributed by atoms with van der Waals surface area (Å²) < 4.78 is 67.9. The summed E-state index contributed by atoms with van der Waals surface area (Å²) in [5, 5.41) is 23.9. The minimum atomic E-state index is -4.10. The fourth-order valence-corrected chi connectivity index (χ4v) is 8.27. The molecule has 2 aliphatic rings. The van der Waals surface area contributed by atoms with Crippen LogP contribution >= 0.6 is 11.6 Å². The number of hydrogen-bond acceptors (Lipinski definition) is 6. The minimum Gasteiger partial charge on any atom is -0.386 e. The highest BCUT2D eigenvalue weighted by Crippen LogP contribution is 2.56. The Hall–Kier alpha value is -2.99. The number of benzene rings is 2. The van der Waals surface area contributed by atoms with Gasteiger partial charge in [0.25, 0.3) is 5.91 Å². The molecule has 1 amide bonds. The average molecular weight is 581 g/mol. The summed E-state index contributed by atoms with van der Waals surface area (Å²) in [5.74, 6) is -4.81. The quantitative estimate of drug-likeness (QED) is 0.384. The molecule has 39 heavy (non-hydrogen) atoms. The third-order valence-electron chi connectivity index (χ3n) is 7.84. The van der Waals surface area contributed by atoms with Crippen LogP contribution in [0.2, 0.25) is 5.02 Å². The van der Waals surface area contributed by atoms with E-state index in [0.29, 0.717) is 12.8 Å². The van der Waals surface area contributed by atoms with E-state index in [0.717, 1.165) is 36.4 Å². The summed E-state index contributed by atoms with van der Waals surface area (Å²) in [4.78, 5) is 16.5. The highest BCUT2D eigenvalue weighted by atomic mass is 35.5. The molecule has 0 radical (unpaired) electrons. The highest BCUT2D eigenvalue weighted by molar-refractivity contribution is 7.92. The van der Waals surface area contributed by atoms with Gasteiger partial charge < -0.3 is 15.5 Å². The molecule has 1 unspecified atom stereocenters. The normalized spacial score (nSPS) is 25.3. The standard InChI is InChI=1S/C27H24ClF3N2O5S/c28-20-5-1-14(26(35)33-18-4-6-21(30)22(31)13-18)9-24(20)39(37,38)19-10-15-2-3-16(11-19)27(15,36)25(34)23-12-17(29)7-8-32-23/h1,4-9,12-13,15-16,19,25,34,36H,2-3,10-11H2,(H,33,35)/t15-,16?,19-,25+,27-/m0/s1. The summed E-state index contributed by atoms with van der Waals surface area (Å²) in [6.07, 6.45) is 0.648. The predicted molar refractivity (Wildman–Crippen MR) is 136 cm³/mol. The summed E-state index contributed by atoms with van der Waals surface area (Å²) in [7, 11) is -4.10. The molecule has 5 atom stereocenters. The van der Waals surface area contributed by atoms with Crippen LogP contribution < -0.4 is 5.32 Å². The monoisotopic (exact) mass is 580 g/mol. The smallest absolute Gasteiger partial charge is 0.255 e. The molecule has 0 saturated heterocycles. The number of hydrogen-bond donors (Lipinski definition) is 3. The molecule has 1 aromatic heterocycles. The fraction of sp³-hybridized carbons (Fsp3) is 0.333. The van der Waals surface area contributed by atoms with Crippen LogP contribution in [0.5, 0.6) is 0 Å². The van der Waals surface area contributed by atoms with Crippen molar-refractivity contribution in [1.82, 2.24) is 4.98 Å². The van der Waals surface area contributed by atoms with Gasteiger partial charge in [0.1, 0.15) is 17.5 Å². The molecule has 3 N–H and O–H groups in total. The largest absolute Gasteiger partial charge is 0.386 e. The molecule has 2 aromatic carbocycles. The lowest BCUT2D eigenvalue weighted by Gasteiger charge is -2.45. The molecule has 3 aromatic rings. The summed E-state index contributed by atoms with van der Waals surface area (Å²) in [6.45, 7) is 0. The van der Waals surface area contributed by atoms with E-state index in [1.807, 2.05) is 0 Å². The molecule has 206 valence electrons. The Kier molecular flexibility index (Phi) is 7.21. The number of nitrogens with one attached hydrogen (secondary N) is 1. The number of nitrogens with zero attached hydrogens (tertiary/aromatic N) is 1. The van der Waals surface area contributed by atoms with Crippen molar-refractivity contribution < 1.29 is 36.6 Å². The van der Waals surface area contributed by atoms with Crippen molar-refractivity contribution in [1.29, 1.82) is 0 Å². The molecular formula is C27H24ClF3N2O5S. The Morgan fingerprint density at radius 1 is 1.03 bits per heavy atom. The van der Waals surface area contributed by atoms with Gasteiger partial charge in [-0.05, 0) is 80.0 Å². The zero-order valence-electron chi connectivity index (χ0n) is 20.3. The van der Waals surface area contributed by atoms with Crippen LogP contribution in [0.15, 0.2) is 59.6 Å². The topological polar surface area (TPSA) is 117 Å². The Balaban J connectivity index is 1.39. The summed E-state index contributed by atoms with van der Waals surface area (Å²) in [6, 6.07) is 8.67. The molecular weight excluding hydrogens is 557 g/mol. The van der Waals surface area contributed by atoms with Crippen molar-refractivity contribution in [3.8, 4) is 0 Å². The number of amides is 1. The van der Waals surface area contributed by atoms with Crippen molar-refractivity contribution in [3.05, 3.63) is 88.5 Å². The van der Waals surface area contributed by atoms with E-state index in [1.165, 1.54) is 18.3 Å². The number of anilines is 1. The van der Waals surface area contributed by atoms with Crippen LogP contribution in [-0.2, 0) is 9.84 Å². The number of carbonyl (C=O) groups excluding carboxylic acids is 1. The van der Waals surface area contributed by atoms with Crippen LogP contribution in [-0.4, -0.2) is 40.4 Å². The second-order valence-electron chi connectivity index (χ2n) is 10.0. The number of rotatable bonds is 6. The zero-order chi connectivity index (χ0) is 28.1. The van der Waals surface area contributed by atoms with Gasteiger partial charge in [0.05, 0.1) is 20.9 Å².